The fourth-order valence-corrected chi connectivity index (χ4v) is 3.98. The molecule has 0 aromatic heterocycles. The van der Waals surface area contributed by atoms with E-state index in [9.17, 15) is 31.2 Å². The molecule has 10 heteroatoms. The summed E-state index contributed by atoms with van der Waals surface area (Å²) in [6.45, 7) is -0.577. The number of halogens is 3. The Morgan fingerprint density at radius 3 is 2.42 bits per heavy atom. The van der Waals surface area contributed by atoms with E-state index in [-0.39, 0.29) is 11.5 Å². The molecular weight excluding hydrogens is 375 g/mol. The van der Waals surface area contributed by atoms with Gasteiger partial charge >= 0.3 is 12.1 Å². The molecule has 142 valence electrons. The van der Waals surface area contributed by atoms with Crippen LogP contribution in [-0.2, 0) is 30.3 Å². The number of ether oxygens (including phenoxy) is 1. The molecule has 0 aliphatic carbocycles. The highest BCUT2D eigenvalue weighted by atomic mass is 32.2. The van der Waals surface area contributed by atoms with Gasteiger partial charge in [-0.15, -0.1) is 0 Å². The van der Waals surface area contributed by atoms with Crippen molar-refractivity contribution in [3.05, 3.63) is 41.5 Å². The maximum atomic E-state index is 12.4. The molecule has 0 spiro atoms. The van der Waals surface area contributed by atoms with E-state index in [1.165, 1.54) is 18.2 Å². The molecule has 1 fully saturated rings. The minimum Gasteiger partial charge on any atom is -0.452 e. The maximum Gasteiger partial charge on any atom is 0.416 e. The van der Waals surface area contributed by atoms with Crippen molar-refractivity contribution in [3.63, 3.8) is 0 Å². The monoisotopic (exact) mass is 391 g/mol. The normalized spacial score (nSPS) is 19.4. The van der Waals surface area contributed by atoms with Crippen LogP contribution < -0.4 is 5.32 Å². The second-order valence-electron chi connectivity index (χ2n) is 5.73. The number of nitrogens with one attached hydrogen (secondary N) is 1. The van der Waals surface area contributed by atoms with E-state index in [2.05, 4.69) is 5.32 Å². The number of hydrogen-bond donors (Lipinski definition) is 1. The number of carbonyl (C=O) groups is 2. The Balaban J connectivity index is 1.77. The minimum atomic E-state index is -4.44. The third-order valence-electron chi connectivity index (χ3n) is 3.59. The van der Waals surface area contributed by atoms with Crippen LogP contribution in [-0.4, -0.2) is 44.4 Å². The van der Waals surface area contributed by atoms with Gasteiger partial charge in [0, 0.05) is 12.1 Å². The number of hydrogen-bond acceptors (Lipinski definition) is 5. The van der Waals surface area contributed by atoms with Crippen LogP contribution in [0.15, 0.2) is 30.3 Å². The van der Waals surface area contributed by atoms with Gasteiger partial charge in [-0.25, -0.2) is 13.2 Å². The van der Waals surface area contributed by atoms with Crippen LogP contribution in [0, 0.1) is 0 Å². The van der Waals surface area contributed by atoms with Crippen molar-refractivity contribution < 1.29 is 35.9 Å². The molecule has 0 radical (unpaired) electrons. The number of esters is 1. The summed E-state index contributed by atoms with van der Waals surface area (Å²) in [6.07, 6.45) is -1.89. The molecule has 1 aliphatic rings. The Kier molecular flexibility index (Phi) is 6.06. The van der Waals surface area contributed by atoms with Crippen molar-refractivity contribution in [2.75, 3.05) is 18.1 Å². The van der Waals surface area contributed by atoms with Crippen LogP contribution in [0.2, 0.25) is 0 Å². The average Bonchev–Trinajstić information content (AvgIpc) is 2.89. The Morgan fingerprint density at radius 2 is 1.88 bits per heavy atom. The summed E-state index contributed by atoms with van der Waals surface area (Å²) in [5.41, 5.74) is -0.446. The molecule has 1 saturated heterocycles. The molecule has 2 rings (SSSR count). The number of amides is 1. The lowest BCUT2D eigenvalue weighted by Gasteiger charge is -2.10. The van der Waals surface area contributed by atoms with E-state index in [1.807, 2.05) is 0 Å². The van der Waals surface area contributed by atoms with Crippen molar-refractivity contribution in [2.45, 2.75) is 18.6 Å². The third kappa shape index (κ3) is 6.17. The number of alkyl halides is 3. The van der Waals surface area contributed by atoms with Crippen LogP contribution in [0.3, 0.4) is 0 Å². The smallest absolute Gasteiger partial charge is 0.416 e. The Bertz CT molecular complexity index is 800. The number of sulfone groups is 1. The maximum absolute atomic E-state index is 12.4. The van der Waals surface area contributed by atoms with E-state index in [0.717, 1.165) is 18.2 Å². The molecule has 1 heterocycles. The predicted molar refractivity (Wildman–Crippen MR) is 86.6 cm³/mol. The molecule has 1 aromatic rings. The summed E-state index contributed by atoms with van der Waals surface area (Å²) in [7, 11) is -3.13. The first kappa shape index (κ1) is 20.0. The lowest BCUT2D eigenvalue weighted by molar-refractivity contribution is -0.144. The van der Waals surface area contributed by atoms with Gasteiger partial charge in [-0.2, -0.15) is 13.2 Å². The standard InChI is InChI=1S/C16H16F3NO5S/c17-16(18,19)12-4-1-11(2-5-12)3-6-15(22)25-9-14(21)20-13-7-8-26(23,24)10-13/h1-6,13H,7-10H2,(H,20,21)/b6-3+. The number of rotatable bonds is 5. The second kappa shape index (κ2) is 7.90. The van der Waals surface area contributed by atoms with Gasteiger partial charge in [0.1, 0.15) is 0 Å². The molecule has 6 nitrogen and oxygen atoms in total. The van der Waals surface area contributed by atoms with Gasteiger partial charge in [0.25, 0.3) is 5.91 Å². The van der Waals surface area contributed by atoms with E-state index in [0.29, 0.717) is 12.0 Å². The SMILES string of the molecule is O=C(COC(=O)/C=C/c1ccc(C(F)(F)F)cc1)NC1CCS(=O)(=O)C1. The first-order chi connectivity index (χ1) is 12.0. The lowest BCUT2D eigenvalue weighted by Crippen LogP contribution is -2.38. The lowest BCUT2D eigenvalue weighted by atomic mass is 10.1. The van der Waals surface area contributed by atoms with Gasteiger partial charge in [0.2, 0.25) is 0 Å². The Labute approximate surface area is 147 Å². The van der Waals surface area contributed by atoms with E-state index in [1.54, 1.807) is 0 Å². The quantitative estimate of drug-likeness (QED) is 0.608. The molecule has 1 amide bonds. The average molecular weight is 391 g/mol. The van der Waals surface area contributed by atoms with Crippen LogP contribution in [0.25, 0.3) is 6.08 Å². The molecular formula is C16H16F3NO5S. The largest absolute Gasteiger partial charge is 0.452 e. The summed E-state index contributed by atoms with van der Waals surface area (Å²) < 4.78 is 64.6. The van der Waals surface area contributed by atoms with Gasteiger partial charge in [-0.1, -0.05) is 12.1 Å². The molecule has 0 saturated carbocycles. The third-order valence-corrected chi connectivity index (χ3v) is 5.36. The van der Waals surface area contributed by atoms with Crippen LogP contribution in [0.1, 0.15) is 17.5 Å². The van der Waals surface area contributed by atoms with Crippen molar-refractivity contribution in [1.82, 2.24) is 5.32 Å². The highest BCUT2D eigenvalue weighted by molar-refractivity contribution is 7.91. The highest BCUT2D eigenvalue weighted by Crippen LogP contribution is 2.29. The summed E-state index contributed by atoms with van der Waals surface area (Å²) >= 11 is 0. The Morgan fingerprint density at radius 1 is 1.23 bits per heavy atom. The van der Waals surface area contributed by atoms with E-state index >= 15 is 0 Å². The molecule has 1 atom stereocenters. The molecule has 0 bridgehead atoms. The fraction of sp³-hybridized carbons (Fsp3) is 0.375. The predicted octanol–water partition coefficient (Wildman–Crippen LogP) is 1.57. The van der Waals surface area contributed by atoms with Gasteiger partial charge < -0.3 is 10.1 Å². The summed E-state index contributed by atoms with van der Waals surface area (Å²) in [6, 6.07) is 3.66. The fourth-order valence-electron chi connectivity index (χ4n) is 2.31. The first-order valence-electron chi connectivity index (χ1n) is 7.57. The van der Waals surface area contributed by atoms with E-state index < -0.39 is 46.1 Å². The minimum absolute atomic E-state index is 0.00754. The molecule has 1 aliphatic heterocycles. The van der Waals surface area contributed by atoms with Gasteiger partial charge in [0.05, 0.1) is 17.1 Å². The van der Waals surface area contributed by atoms with E-state index in [4.69, 9.17) is 4.74 Å². The molecule has 26 heavy (non-hydrogen) atoms. The van der Waals surface area contributed by atoms with Gasteiger partial charge in [0.15, 0.2) is 16.4 Å². The van der Waals surface area contributed by atoms with Crippen molar-refractivity contribution >= 4 is 27.8 Å². The second-order valence-corrected chi connectivity index (χ2v) is 7.96. The van der Waals surface area contributed by atoms with Gasteiger partial charge in [-0.3, -0.25) is 4.79 Å². The zero-order valence-corrected chi connectivity index (χ0v) is 14.3. The zero-order valence-electron chi connectivity index (χ0n) is 13.5. The van der Waals surface area contributed by atoms with Crippen molar-refractivity contribution in [1.29, 1.82) is 0 Å². The molecule has 1 unspecified atom stereocenters. The zero-order chi connectivity index (χ0) is 19.4. The number of benzene rings is 1. The molecule has 1 N–H and O–H groups in total. The van der Waals surface area contributed by atoms with Crippen LogP contribution in [0.5, 0.6) is 0 Å². The molecule has 1 aromatic carbocycles. The number of carbonyl (C=O) groups excluding carboxylic acids is 2. The first-order valence-corrected chi connectivity index (χ1v) is 9.39. The van der Waals surface area contributed by atoms with Crippen LogP contribution in [0.4, 0.5) is 13.2 Å². The van der Waals surface area contributed by atoms with Gasteiger partial charge in [-0.05, 0) is 30.2 Å². The Hall–Kier alpha value is -2.36. The van der Waals surface area contributed by atoms with Crippen molar-refractivity contribution in [2.24, 2.45) is 0 Å². The van der Waals surface area contributed by atoms with Crippen molar-refractivity contribution in [3.8, 4) is 0 Å². The topological polar surface area (TPSA) is 89.5 Å². The highest BCUT2D eigenvalue weighted by Gasteiger charge is 2.30. The summed E-state index contributed by atoms with van der Waals surface area (Å²) in [5.74, 6) is -1.60. The summed E-state index contributed by atoms with van der Waals surface area (Å²) in [4.78, 5) is 23.1. The van der Waals surface area contributed by atoms with Crippen LogP contribution >= 0.6 is 0 Å². The summed E-state index contributed by atoms with van der Waals surface area (Å²) in [5, 5.41) is 2.46.